The van der Waals surface area contributed by atoms with Crippen LogP contribution in [0.25, 0.3) is 0 Å². The summed E-state index contributed by atoms with van der Waals surface area (Å²) in [6.45, 7) is 0.510. The van der Waals surface area contributed by atoms with E-state index in [4.69, 9.17) is 22.4 Å². The third-order valence-corrected chi connectivity index (χ3v) is 2.40. The van der Waals surface area contributed by atoms with Crippen LogP contribution in [0.2, 0.25) is 5.02 Å². The summed E-state index contributed by atoms with van der Waals surface area (Å²) in [5.74, 6) is -3.16. The molecule has 0 bridgehead atoms. The zero-order chi connectivity index (χ0) is 11.4. The van der Waals surface area contributed by atoms with Crippen LogP contribution < -0.4 is 5.73 Å². The molecule has 15 heavy (non-hydrogen) atoms. The van der Waals surface area contributed by atoms with Gasteiger partial charge in [-0.15, -0.1) is 0 Å². The van der Waals surface area contributed by atoms with Crippen molar-refractivity contribution < 1.29 is 13.9 Å². The molecule has 0 heterocycles. The van der Waals surface area contributed by atoms with E-state index in [1.165, 1.54) is 6.07 Å². The van der Waals surface area contributed by atoms with Crippen LogP contribution in [0.5, 0.6) is 5.75 Å². The van der Waals surface area contributed by atoms with Crippen LogP contribution in [-0.2, 0) is 6.42 Å². The first-order valence-electron chi connectivity index (χ1n) is 4.63. The highest BCUT2D eigenvalue weighted by Gasteiger charge is 2.16. The van der Waals surface area contributed by atoms with Crippen molar-refractivity contribution in [3.63, 3.8) is 0 Å². The summed E-state index contributed by atoms with van der Waals surface area (Å²) in [6, 6.07) is 1.24. The molecule has 5 heteroatoms. The van der Waals surface area contributed by atoms with Gasteiger partial charge in [0.05, 0.1) is 5.02 Å². The van der Waals surface area contributed by atoms with Gasteiger partial charge in [0.2, 0.25) is 5.82 Å². The predicted molar refractivity (Wildman–Crippen MR) is 55.0 cm³/mol. The summed E-state index contributed by atoms with van der Waals surface area (Å²) >= 11 is 5.52. The Morgan fingerprint density at radius 2 is 1.93 bits per heavy atom. The molecule has 0 aliphatic carbocycles. The highest BCUT2D eigenvalue weighted by molar-refractivity contribution is 6.32. The molecule has 1 rings (SSSR count). The number of hydrogen-bond acceptors (Lipinski definition) is 2. The number of unbranched alkanes of at least 4 members (excludes halogenated alkanes) is 1. The number of hydrogen-bond donors (Lipinski definition) is 2. The monoisotopic (exact) mass is 235 g/mol. The summed E-state index contributed by atoms with van der Waals surface area (Å²) in [6.07, 6.45) is 1.76. The first-order chi connectivity index (χ1) is 7.07. The summed E-state index contributed by atoms with van der Waals surface area (Å²) in [4.78, 5) is 0. The van der Waals surface area contributed by atoms with E-state index in [-0.39, 0.29) is 10.6 Å². The van der Waals surface area contributed by atoms with Crippen molar-refractivity contribution >= 4 is 11.6 Å². The van der Waals surface area contributed by atoms with Crippen LogP contribution in [0.15, 0.2) is 6.07 Å². The average Bonchev–Trinajstić information content (AvgIpc) is 2.23. The van der Waals surface area contributed by atoms with Gasteiger partial charge in [-0.1, -0.05) is 11.6 Å². The third-order valence-electron chi connectivity index (χ3n) is 2.11. The standard InChI is InChI=1S/C10H12ClF2NO/c11-7-5-6(3-1-2-4-14)8(12)9(13)10(7)15/h5,15H,1-4,14H2. The number of halogens is 3. The van der Waals surface area contributed by atoms with Gasteiger partial charge in [0.25, 0.3) is 0 Å². The molecule has 0 aliphatic heterocycles. The van der Waals surface area contributed by atoms with Crippen molar-refractivity contribution in [1.29, 1.82) is 0 Å². The second-order valence-electron chi connectivity index (χ2n) is 3.24. The van der Waals surface area contributed by atoms with E-state index >= 15 is 0 Å². The fourth-order valence-corrected chi connectivity index (χ4v) is 1.49. The molecule has 1 aromatic rings. The van der Waals surface area contributed by atoms with E-state index in [1.54, 1.807) is 0 Å². The summed E-state index contributed by atoms with van der Waals surface area (Å²) in [5.41, 5.74) is 5.45. The topological polar surface area (TPSA) is 46.2 Å². The van der Waals surface area contributed by atoms with E-state index in [0.29, 0.717) is 19.4 Å². The lowest BCUT2D eigenvalue weighted by Crippen LogP contribution is -2.01. The van der Waals surface area contributed by atoms with Crippen LogP contribution in [0.4, 0.5) is 8.78 Å². The van der Waals surface area contributed by atoms with Gasteiger partial charge < -0.3 is 10.8 Å². The average molecular weight is 236 g/mol. The molecule has 0 atom stereocenters. The molecule has 1 aromatic carbocycles. The van der Waals surface area contributed by atoms with Gasteiger partial charge in [-0.3, -0.25) is 0 Å². The van der Waals surface area contributed by atoms with Gasteiger partial charge in [-0.25, -0.2) is 4.39 Å². The van der Waals surface area contributed by atoms with E-state index < -0.39 is 17.4 Å². The van der Waals surface area contributed by atoms with Crippen LogP contribution in [0.1, 0.15) is 18.4 Å². The van der Waals surface area contributed by atoms with Crippen molar-refractivity contribution in [3.05, 3.63) is 28.3 Å². The Balaban J connectivity index is 2.89. The van der Waals surface area contributed by atoms with Crippen LogP contribution in [-0.4, -0.2) is 11.7 Å². The second-order valence-corrected chi connectivity index (χ2v) is 3.65. The molecule has 3 N–H and O–H groups in total. The molecule has 0 radical (unpaired) electrons. The minimum Gasteiger partial charge on any atom is -0.504 e. The molecule has 0 saturated heterocycles. The Hall–Kier alpha value is -0.870. The van der Waals surface area contributed by atoms with Gasteiger partial charge in [0, 0.05) is 0 Å². The van der Waals surface area contributed by atoms with Gasteiger partial charge in [-0.2, -0.15) is 4.39 Å². The molecular formula is C10H12ClF2NO. The van der Waals surface area contributed by atoms with Crippen LogP contribution in [0, 0.1) is 11.6 Å². The van der Waals surface area contributed by atoms with Crippen molar-refractivity contribution in [3.8, 4) is 5.75 Å². The highest BCUT2D eigenvalue weighted by Crippen LogP contribution is 2.31. The minimum absolute atomic E-state index is 0.170. The number of benzene rings is 1. The number of aromatic hydroxyl groups is 1. The Morgan fingerprint density at radius 3 is 2.53 bits per heavy atom. The molecule has 2 nitrogen and oxygen atoms in total. The van der Waals surface area contributed by atoms with Gasteiger partial charge in [-0.05, 0) is 37.4 Å². The Labute approximate surface area is 91.7 Å². The number of nitrogens with two attached hydrogens (primary N) is 1. The Kier molecular flexibility index (Phi) is 4.29. The SMILES string of the molecule is NCCCCc1cc(Cl)c(O)c(F)c1F. The maximum atomic E-state index is 13.2. The summed E-state index contributed by atoms with van der Waals surface area (Å²) in [7, 11) is 0. The van der Waals surface area contributed by atoms with Crippen molar-refractivity contribution in [2.45, 2.75) is 19.3 Å². The molecule has 0 aliphatic rings. The van der Waals surface area contributed by atoms with E-state index in [1.807, 2.05) is 0 Å². The Morgan fingerprint density at radius 1 is 1.27 bits per heavy atom. The fourth-order valence-electron chi connectivity index (χ4n) is 1.28. The fraction of sp³-hybridized carbons (Fsp3) is 0.400. The van der Waals surface area contributed by atoms with Crippen molar-refractivity contribution in [1.82, 2.24) is 0 Å². The molecule has 0 fully saturated rings. The van der Waals surface area contributed by atoms with Crippen LogP contribution >= 0.6 is 11.6 Å². The lowest BCUT2D eigenvalue weighted by Gasteiger charge is -2.06. The highest BCUT2D eigenvalue weighted by atomic mass is 35.5. The number of phenolic OH excluding ortho intramolecular Hbond substituents is 1. The largest absolute Gasteiger partial charge is 0.504 e. The lowest BCUT2D eigenvalue weighted by molar-refractivity contribution is 0.404. The first-order valence-corrected chi connectivity index (χ1v) is 5.01. The van der Waals surface area contributed by atoms with E-state index in [9.17, 15) is 8.78 Å². The smallest absolute Gasteiger partial charge is 0.202 e. The predicted octanol–water partition coefficient (Wildman–Crippen LogP) is 2.61. The molecule has 84 valence electrons. The van der Waals surface area contributed by atoms with Crippen molar-refractivity contribution in [2.24, 2.45) is 5.73 Å². The number of phenols is 1. The molecule has 0 spiro atoms. The Bertz CT molecular complexity index is 358. The van der Waals surface area contributed by atoms with Gasteiger partial charge in [0.15, 0.2) is 11.6 Å². The minimum atomic E-state index is -1.29. The number of aryl methyl sites for hydroxylation is 1. The first kappa shape index (κ1) is 12.2. The third kappa shape index (κ3) is 2.79. The zero-order valence-corrected chi connectivity index (χ0v) is 8.82. The normalized spacial score (nSPS) is 10.7. The second kappa shape index (κ2) is 5.28. The molecule has 0 aromatic heterocycles. The summed E-state index contributed by atoms with van der Waals surface area (Å²) in [5, 5.41) is 8.85. The van der Waals surface area contributed by atoms with E-state index in [0.717, 1.165) is 6.42 Å². The maximum absolute atomic E-state index is 13.2. The van der Waals surface area contributed by atoms with Gasteiger partial charge in [0.1, 0.15) is 0 Å². The lowest BCUT2D eigenvalue weighted by atomic mass is 10.1. The molecule has 0 unspecified atom stereocenters. The zero-order valence-electron chi connectivity index (χ0n) is 8.06. The van der Waals surface area contributed by atoms with Gasteiger partial charge >= 0.3 is 0 Å². The van der Waals surface area contributed by atoms with E-state index in [2.05, 4.69) is 0 Å². The molecule has 0 amide bonds. The maximum Gasteiger partial charge on any atom is 0.202 e. The van der Waals surface area contributed by atoms with Crippen molar-refractivity contribution in [2.75, 3.05) is 6.54 Å². The molecule has 0 saturated carbocycles. The molecular weight excluding hydrogens is 224 g/mol. The number of rotatable bonds is 4. The van der Waals surface area contributed by atoms with Crippen LogP contribution in [0.3, 0.4) is 0 Å². The quantitative estimate of drug-likeness (QED) is 0.623. The summed E-state index contributed by atoms with van der Waals surface area (Å²) < 4.78 is 26.3.